The normalized spacial score (nSPS) is 11.5. The number of rotatable bonds is 2. The Morgan fingerprint density at radius 3 is 0.967 bits per heavy atom. The van der Waals surface area contributed by atoms with E-state index in [1.807, 2.05) is 0 Å². The van der Waals surface area contributed by atoms with Gasteiger partial charge < -0.3 is 0 Å². The summed E-state index contributed by atoms with van der Waals surface area (Å²) in [6.07, 6.45) is 0. The highest BCUT2D eigenvalue weighted by molar-refractivity contribution is 6.17. The minimum atomic E-state index is 1.08. The summed E-state index contributed by atoms with van der Waals surface area (Å²) >= 11 is 0. The average molecular weight is 380 g/mol. The lowest BCUT2D eigenvalue weighted by atomic mass is 9.85. The Morgan fingerprint density at radius 2 is 0.667 bits per heavy atom. The highest BCUT2D eigenvalue weighted by atomic mass is 14.2. The van der Waals surface area contributed by atoms with Crippen LogP contribution in [0.3, 0.4) is 0 Å². The largest absolute Gasteiger partial charge is 0.0905 e. The molecule has 0 aromatic heterocycles. The number of hydrogen-bond acceptors (Lipinski definition) is 0. The van der Waals surface area contributed by atoms with Crippen LogP contribution >= 0.6 is 0 Å². The van der Waals surface area contributed by atoms with Gasteiger partial charge in [0, 0.05) is 0 Å². The Morgan fingerprint density at radius 1 is 0.400 bits per heavy atom. The summed E-state index contributed by atoms with van der Waals surface area (Å²) in [7, 11) is 0. The van der Waals surface area contributed by atoms with Crippen LogP contribution in [0.2, 0.25) is 0 Å². The van der Waals surface area contributed by atoms with E-state index in [4.69, 9.17) is 6.58 Å². The summed E-state index contributed by atoms with van der Waals surface area (Å²) in [6.45, 7) is 4.70. The van der Waals surface area contributed by atoms with E-state index in [1.54, 1.807) is 0 Å². The molecule has 0 unspecified atom stereocenters. The Bertz CT molecular complexity index is 1370. The number of hydrogen-bond donors (Lipinski definition) is 0. The van der Waals surface area contributed by atoms with E-state index < -0.39 is 0 Å². The Balaban J connectivity index is 1.79. The maximum Gasteiger partial charge on any atom is -0.00263 e. The van der Waals surface area contributed by atoms with E-state index in [0.717, 1.165) is 5.57 Å². The maximum absolute atomic E-state index is 4.70. The van der Waals surface area contributed by atoms with Crippen LogP contribution in [0.4, 0.5) is 0 Å². The van der Waals surface area contributed by atoms with Gasteiger partial charge in [0.1, 0.15) is 0 Å². The topological polar surface area (TPSA) is 0 Å². The smallest absolute Gasteiger partial charge is 0.00263 e. The van der Waals surface area contributed by atoms with E-state index >= 15 is 0 Å². The fourth-order valence-corrected chi connectivity index (χ4v) is 4.80. The summed E-state index contributed by atoms with van der Waals surface area (Å²) in [6, 6.07) is 39.1. The SMILES string of the molecule is C=C(c1c2ccccc2cc2ccccc12)c1c2ccccc2cc2ccccc12. The fraction of sp³-hybridized carbons (Fsp3) is 0. The molecule has 30 heavy (non-hydrogen) atoms. The van der Waals surface area contributed by atoms with E-state index in [9.17, 15) is 0 Å². The minimum Gasteiger partial charge on any atom is -0.0905 e. The minimum absolute atomic E-state index is 1.08. The highest BCUT2D eigenvalue weighted by Crippen LogP contribution is 2.40. The van der Waals surface area contributed by atoms with Crippen LogP contribution in [-0.2, 0) is 0 Å². The van der Waals surface area contributed by atoms with Crippen molar-refractivity contribution in [2.24, 2.45) is 0 Å². The number of fused-ring (bicyclic) bond motifs is 4. The molecule has 0 aliphatic heterocycles. The van der Waals surface area contributed by atoms with Gasteiger partial charge in [0.15, 0.2) is 0 Å². The van der Waals surface area contributed by atoms with Gasteiger partial charge in [-0.3, -0.25) is 0 Å². The lowest BCUT2D eigenvalue weighted by Crippen LogP contribution is -1.94. The van der Waals surface area contributed by atoms with E-state index in [2.05, 4.69) is 109 Å². The second kappa shape index (κ2) is 6.57. The molecule has 0 amide bonds. The van der Waals surface area contributed by atoms with Crippen LogP contribution in [0, 0.1) is 0 Å². The highest BCUT2D eigenvalue weighted by Gasteiger charge is 2.16. The molecule has 140 valence electrons. The first-order valence-electron chi connectivity index (χ1n) is 10.3. The standard InChI is InChI=1S/C30H20/c1-20(29-25-14-6-2-10-21(25)18-22-11-3-7-15-26(22)29)30-27-16-8-4-12-23(27)19-24-13-5-9-17-28(24)30/h2-19H,1H2. The van der Waals surface area contributed by atoms with Crippen LogP contribution in [0.25, 0.3) is 48.7 Å². The van der Waals surface area contributed by atoms with E-state index in [-0.39, 0.29) is 0 Å². The van der Waals surface area contributed by atoms with Gasteiger partial charge in [-0.25, -0.2) is 0 Å². The zero-order valence-electron chi connectivity index (χ0n) is 16.6. The zero-order valence-corrected chi connectivity index (χ0v) is 16.6. The van der Waals surface area contributed by atoms with Crippen molar-refractivity contribution in [1.29, 1.82) is 0 Å². The monoisotopic (exact) mass is 380 g/mol. The summed E-state index contributed by atoms with van der Waals surface area (Å²) < 4.78 is 0. The van der Waals surface area contributed by atoms with Gasteiger partial charge in [-0.2, -0.15) is 0 Å². The summed E-state index contributed by atoms with van der Waals surface area (Å²) in [5, 5.41) is 9.98. The molecule has 0 aliphatic rings. The molecule has 6 aromatic rings. The zero-order chi connectivity index (χ0) is 20.1. The fourth-order valence-electron chi connectivity index (χ4n) is 4.80. The molecule has 6 aromatic carbocycles. The van der Waals surface area contributed by atoms with Crippen molar-refractivity contribution in [3.8, 4) is 0 Å². The van der Waals surface area contributed by atoms with Crippen LogP contribution in [0.15, 0.2) is 116 Å². The van der Waals surface area contributed by atoms with Crippen LogP contribution < -0.4 is 0 Å². The van der Waals surface area contributed by atoms with Gasteiger partial charge in [-0.15, -0.1) is 0 Å². The van der Waals surface area contributed by atoms with Gasteiger partial charge in [0.05, 0.1) is 0 Å². The molecule has 0 aliphatic carbocycles. The van der Waals surface area contributed by atoms with Gasteiger partial charge in [-0.1, -0.05) is 104 Å². The predicted molar refractivity (Wildman–Crippen MR) is 131 cm³/mol. The first-order valence-corrected chi connectivity index (χ1v) is 10.3. The third-order valence-corrected chi connectivity index (χ3v) is 6.15. The van der Waals surface area contributed by atoms with Crippen molar-refractivity contribution >= 4 is 48.7 Å². The van der Waals surface area contributed by atoms with Crippen molar-refractivity contribution in [1.82, 2.24) is 0 Å². The molecule has 0 nitrogen and oxygen atoms in total. The van der Waals surface area contributed by atoms with Crippen molar-refractivity contribution in [3.05, 3.63) is 127 Å². The summed E-state index contributed by atoms with van der Waals surface area (Å²) in [5.74, 6) is 0. The van der Waals surface area contributed by atoms with Crippen molar-refractivity contribution < 1.29 is 0 Å². The Hall–Kier alpha value is -3.90. The Labute approximate surface area is 175 Å². The van der Waals surface area contributed by atoms with E-state index in [0.29, 0.717) is 0 Å². The third-order valence-electron chi connectivity index (χ3n) is 6.15. The lowest BCUT2D eigenvalue weighted by molar-refractivity contribution is 1.68. The van der Waals surface area contributed by atoms with Gasteiger partial charge in [0.2, 0.25) is 0 Å². The molecular formula is C30H20. The van der Waals surface area contributed by atoms with Crippen molar-refractivity contribution in [2.75, 3.05) is 0 Å². The summed E-state index contributed by atoms with van der Waals surface area (Å²) in [5.41, 5.74) is 3.53. The van der Waals surface area contributed by atoms with Gasteiger partial charge in [0.25, 0.3) is 0 Å². The van der Waals surface area contributed by atoms with Crippen molar-refractivity contribution in [2.45, 2.75) is 0 Å². The molecule has 0 radical (unpaired) electrons. The van der Waals surface area contributed by atoms with Crippen LogP contribution in [0.1, 0.15) is 11.1 Å². The molecule has 0 fully saturated rings. The predicted octanol–water partition coefficient (Wildman–Crippen LogP) is 8.36. The Kier molecular flexibility index (Phi) is 3.72. The second-order valence-electron chi connectivity index (χ2n) is 7.87. The second-order valence-corrected chi connectivity index (χ2v) is 7.87. The molecular weight excluding hydrogens is 360 g/mol. The first kappa shape index (κ1) is 17.0. The van der Waals surface area contributed by atoms with Crippen LogP contribution in [-0.4, -0.2) is 0 Å². The van der Waals surface area contributed by atoms with Crippen molar-refractivity contribution in [3.63, 3.8) is 0 Å². The molecule has 0 saturated carbocycles. The quantitative estimate of drug-likeness (QED) is 0.265. The molecule has 0 heteroatoms. The lowest BCUT2D eigenvalue weighted by Gasteiger charge is -2.18. The maximum atomic E-state index is 4.70. The summed E-state index contributed by atoms with van der Waals surface area (Å²) in [4.78, 5) is 0. The van der Waals surface area contributed by atoms with Crippen LogP contribution in [0.5, 0.6) is 0 Å². The average Bonchev–Trinajstić information content (AvgIpc) is 2.80. The molecule has 0 atom stereocenters. The third kappa shape index (κ3) is 2.47. The molecule has 0 N–H and O–H groups in total. The molecule has 0 heterocycles. The van der Waals surface area contributed by atoms with Gasteiger partial charge in [-0.05, 0) is 71.9 Å². The van der Waals surface area contributed by atoms with Gasteiger partial charge >= 0.3 is 0 Å². The first-order chi connectivity index (χ1) is 14.8. The molecule has 0 saturated heterocycles. The van der Waals surface area contributed by atoms with E-state index in [1.165, 1.54) is 54.2 Å². The molecule has 0 bridgehead atoms. The molecule has 6 rings (SSSR count). The molecule has 0 spiro atoms. The number of benzene rings is 6.